The zero-order valence-electron chi connectivity index (χ0n) is 13.7. The van der Waals surface area contributed by atoms with Crippen LogP contribution in [0.5, 0.6) is 0 Å². The van der Waals surface area contributed by atoms with Crippen molar-refractivity contribution < 1.29 is 14.0 Å². The van der Waals surface area contributed by atoms with Crippen LogP contribution in [0.1, 0.15) is 35.2 Å². The summed E-state index contributed by atoms with van der Waals surface area (Å²) in [5.74, 6) is -0.505. The number of benzene rings is 1. The van der Waals surface area contributed by atoms with Gasteiger partial charge >= 0.3 is 0 Å². The Bertz CT molecular complexity index is 637. The number of likely N-dealkylation sites (tertiary alicyclic amines) is 1. The number of nitrogens with one attached hydrogen (secondary N) is 2. The highest BCUT2D eigenvalue weighted by Crippen LogP contribution is 2.27. The summed E-state index contributed by atoms with van der Waals surface area (Å²) in [6.07, 6.45) is 2.95. The second-order valence-corrected chi connectivity index (χ2v) is 6.35. The summed E-state index contributed by atoms with van der Waals surface area (Å²) in [6, 6.07) is 2.88. The third kappa shape index (κ3) is 3.87. The molecule has 132 valence electrons. The predicted molar refractivity (Wildman–Crippen MR) is 93.2 cm³/mol. The maximum Gasteiger partial charge on any atom is 0.256 e. The first-order valence-corrected chi connectivity index (χ1v) is 8.14. The minimum atomic E-state index is -0.563. The molecule has 1 aromatic carbocycles. The zero-order valence-corrected chi connectivity index (χ0v) is 14.5. The third-order valence-corrected chi connectivity index (χ3v) is 4.62. The topological polar surface area (TPSA) is 61.4 Å². The molecule has 1 aromatic rings. The van der Waals surface area contributed by atoms with E-state index in [2.05, 4.69) is 10.6 Å². The van der Waals surface area contributed by atoms with Crippen LogP contribution in [0, 0.1) is 11.7 Å². The summed E-state index contributed by atoms with van der Waals surface area (Å²) in [6.45, 7) is 2.20. The van der Waals surface area contributed by atoms with Crippen LogP contribution in [0.2, 0.25) is 0 Å². The average molecular weight is 356 g/mol. The highest BCUT2D eigenvalue weighted by molar-refractivity contribution is 5.98. The largest absolute Gasteiger partial charge is 0.338 e. The number of anilines is 1. The lowest BCUT2D eigenvalue weighted by Crippen LogP contribution is -2.42. The van der Waals surface area contributed by atoms with Crippen molar-refractivity contribution in [2.45, 2.75) is 25.7 Å². The van der Waals surface area contributed by atoms with Gasteiger partial charge in [-0.2, -0.15) is 0 Å². The van der Waals surface area contributed by atoms with E-state index in [0.29, 0.717) is 37.5 Å². The van der Waals surface area contributed by atoms with E-state index in [0.717, 1.165) is 24.9 Å². The summed E-state index contributed by atoms with van der Waals surface area (Å²) < 4.78 is 14.3. The van der Waals surface area contributed by atoms with E-state index in [1.165, 1.54) is 6.07 Å². The molecule has 2 heterocycles. The second kappa shape index (κ2) is 7.94. The molecule has 5 nitrogen and oxygen atoms in total. The Morgan fingerprint density at radius 2 is 2.21 bits per heavy atom. The number of halogens is 2. The van der Waals surface area contributed by atoms with Crippen LogP contribution in [0.3, 0.4) is 0 Å². The van der Waals surface area contributed by atoms with E-state index in [-0.39, 0.29) is 29.8 Å². The number of nitrogens with zero attached hydrogens (tertiary/aromatic N) is 1. The first kappa shape index (κ1) is 18.7. The number of amides is 2. The van der Waals surface area contributed by atoms with E-state index in [1.807, 2.05) is 7.05 Å². The maximum atomic E-state index is 14.3. The molecule has 24 heavy (non-hydrogen) atoms. The van der Waals surface area contributed by atoms with Crippen LogP contribution < -0.4 is 10.6 Å². The van der Waals surface area contributed by atoms with Crippen molar-refractivity contribution in [1.29, 1.82) is 0 Å². The minimum absolute atomic E-state index is 0. The van der Waals surface area contributed by atoms with E-state index in [4.69, 9.17) is 0 Å². The van der Waals surface area contributed by atoms with Gasteiger partial charge in [0, 0.05) is 25.2 Å². The lowest BCUT2D eigenvalue weighted by molar-refractivity contribution is -0.116. The Kier molecular flexibility index (Phi) is 6.18. The van der Waals surface area contributed by atoms with Gasteiger partial charge in [0.05, 0.1) is 5.56 Å². The monoisotopic (exact) mass is 355 g/mol. The van der Waals surface area contributed by atoms with Crippen molar-refractivity contribution in [3.05, 3.63) is 29.1 Å². The number of carbonyl (C=O) groups is 2. The van der Waals surface area contributed by atoms with Crippen molar-refractivity contribution in [3.8, 4) is 0 Å². The third-order valence-electron chi connectivity index (χ3n) is 4.62. The molecule has 2 N–H and O–H groups in total. The Labute approximate surface area is 147 Å². The Hall–Kier alpha value is -1.66. The molecule has 2 amide bonds. The number of rotatable bonds is 3. The van der Waals surface area contributed by atoms with E-state index < -0.39 is 5.82 Å². The molecule has 0 aromatic heterocycles. The molecule has 0 spiro atoms. The van der Waals surface area contributed by atoms with Gasteiger partial charge in [0.15, 0.2) is 0 Å². The fourth-order valence-electron chi connectivity index (χ4n) is 3.44. The number of piperidine rings is 1. The van der Waals surface area contributed by atoms with E-state index in [9.17, 15) is 14.0 Å². The van der Waals surface area contributed by atoms with Crippen LogP contribution in [-0.4, -0.2) is 43.4 Å². The quantitative estimate of drug-likeness (QED) is 0.873. The minimum Gasteiger partial charge on any atom is -0.338 e. The van der Waals surface area contributed by atoms with Crippen LogP contribution in [-0.2, 0) is 11.2 Å². The first-order chi connectivity index (χ1) is 11.1. The summed E-state index contributed by atoms with van der Waals surface area (Å²) >= 11 is 0. The maximum absolute atomic E-state index is 14.3. The first-order valence-electron chi connectivity index (χ1n) is 8.14. The Morgan fingerprint density at radius 1 is 1.42 bits per heavy atom. The molecular formula is C17H23ClFN3O2. The zero-order chi connectivity index (χ0) is 16.4. The van der Waals surface area contributed by atoms with Crippen molar-refractivity contribution >= 4 is 29.9 Å². The number of hydrogen-bond acceptors (Lipinski definition) is 3. The van der Waals surface area contributed by atoms with E-state index in [1.54, 1.807) is 11.0 Å². The number of fused-ring (bicyclic) bond motifs is 1. The predicted octanol–water partition coefficient (Wildman–Crippen LogP) is 2.20. The summed E-state index contributed by atoms with van der Waals surface area (Å²) in [5.41, 5.74) is 1.44. The smallest absolute Gasteiger partial charge is 0.256 e. The normalized spacial score (nSPS) is 20.0. The Balaban J connectivity index is 0.00000208. The molecule has 0 radical (unpaired) electrons. The van der Waals surface area contributed by atoms with Gasteiger partial charge in [-0.3, -0.25) is 9.59 Å². The lowest BCUT2D eigenvalue weighted by Gasteiger charge is -2.33. The second-order valence-electron chi connectivity index (χ2n) is 6.35. The molecule has 1 saturated heterocycles. The molecule has 2 aliphatic rings. The molecule has 0 bridgehead atoms. The number of aryl methyl sites for hydroxylation is 1. The van der Waals surface area contributed by atoms with Gasteiger partial charge in [-0.25, -0.2) is 4.39 Å². The average Bonchev–Trinajstić information content (AvgIpc) is 2.54. The molecule has 7 heteroatoms. The summed E-state index contributed by atoms with van der Waals surface area (Å²) in [7, 11) is 1.90. The lowest BCUT2D eigenvalue weighted by atomic mass is 9.96. The highest BCUT2D eigenvalue weighted by atomic mass is 35.5. The van der Waals surface area contributed by atoms with Crippen LogP contribution in [0.25, 0.3) is 0 Å². The summed E-state index contributed by atoms with van der Waals surface area (Å²) in [4.78, 5) is 25.8. The molecule has 1 fully saturated rings. The summed E-state index contributed by atoms with van der Waals surface area (Å²) in [5, 5.41) is 5.80. The number of carbonyl (C=O) groups excluding carboxylic acids is 2. The molecule has 0 aliphatic carbocycles. The van der Waals surface area contributed by atoms with Crippen LogP contribution in [0.4, 0.5) is 10.1 Å². The van der Waals surface area contributed by atoms with Gasteiger partial charge in [-0.05, 0) is 56.5 Å². The fraction of sp³-hybridized carbons (Fsp3) is 0.529. The molecule has 0 saturated carbocycles. The highest BCUT2D eigenvalue weighted by Gasteiger charge is 2.27. The Morgan fingerprint density at radius 3 is 2.96 bits per heavy atom. The van der Waals surface area contributed by atoms with Gasteiger partial charge < -0.3 is 15.5 Å². The van der Waals surface area contributed by atoms with Gasteiger partial charge in [-0.1, -0.05) is 0 Å². The molecule has 1 atom stereocenters. The SMILES string of the molecule is CNCC1CCCN(C(=O)c2cc3c(cc2F)NC(=O)CC3)C1.Cl. The number of hydrogen-bond donors (Lipinski definition) is 2. The van der Waals surface area contributed by atoms with Gasteiger partial charge in [0.1, 0.15) is 5.82 Å². The van der Waals surface area contributed by atoms with Crippen molar-refractivity contribution in [2.75, 3.05) is 32.0 Å². The van der Waals surface area contributed by atoms with Crippen molar-refractivity contribution in [2.24, 2.45) is 5.92 Å². The van der Waals surface area contributed by atoms with Crippen LogP contribution in [0.15, 0.2) is 12.1 Å². The molecule has 2 aliphatic heterocycles. The van der Waals surface area contributed by atoms with Gasteiger partial charge in [-0.15, -0.1) is 12.4 Å². The van der Waals surface area contributed by atoms with Crippen LogP contribution >= 0.6 is 12.4 Å². The van der Waals surface area contributed by atoms with Crippen molar-refractivity contribution in [1.82, 2.24) is 10.2 Å². The van der Waals surface area contributed by atoms with Gasteiger partial charge in [0.25, 0.3) is 5.91 Å². The molecular weight excluding hydrogens is 333 g/mol. The van der Waals surface area contributed by atoms with Gasteiger partial charge in [0.2, 0.25) is 5.91 Å². The fourth-order valence-corrected chi connectivity index (χ4v) is 3.44. The standard InChI is InChI=1S/C17H22FN3O2.ClH/c1-19-9-11-3-2-6-21(10-11)17(23)13-7-12-4-5-16(22)20-15(12)8-14(13)18;/h7-8,11,19H,2-6,9-10H2,1H3,(H,20,22);1H. The molecule has 1 unspecified atom stereocenters. The van der Waals surface area contributed by atoms with Crippen molar-refractivity contribution in [3.63, 3.8) is 0 Å². The van der Waals surface area contributed by atoms with E-state index >= 15 is 0 Å². The molecule has 3 rings (SSSR count).